The number of hydrogen-bond donors (Lipinski definition) is 2. The average molecular weight is 389 g/mol. The van der Waals surface area contributed by atoms with Crippen molar-refractivity contribution in [3.8, 4) is 0 Å². The first kappa shape index (κ1) is 20.6. The molecular formula is C21H32N4O3. The van der Waals surface area contributed by atoms with Gasteiger partial charge in [-0.1, -0.05) is 13.0 Å². The van der Waals surface area contributed by atoms with E-state index in [2.05, 4.69) is 15.5 Å². The minimum atomic E-state index is -0.0664. The number of ether oxygens (including phenoxy) is 1. The van der Waals surface area contributed by atoms with Crippen molar-refractivity contribution in [2.24, 2.45) is 5.92 Å². The molecule has 0 saturated carbocycles. The van der Waals surface area contributed by atoms with Crippen LogP contribution in [0, 0.1) is 12.8 Å². The summed E-state index contributed by atoms with van der Waals surface area (Å²) in [5.74, 6) is 0.476. The van der Waals surface area contributed by atoms with Crippen LogP contribution < -0.4 is 10.6 Å². The molecule has 2 saturated heterocycles. The van der Waals surface area contributed by atoms with Gasteiger partial charge in [0.15, 0.2) is 0 Å². The fraction of sp³-hybridized carbons (Fsp3) is 0.619. The first-order chi connectivity index (χ1) is 13.5. The van der Waals surface area contributed by atoms with Crippen molar-refractivity contribution in [1.29, 1.82) is 0 Å². The second-order valence-corrected chi connectivity index (χ2v) is 7.73. The predicted molar refractivity (Wildman–Crippen MR) is 111 cm³/mol. The van der Waals surface area contributed by atoms with Crippen molar-refractivity contribution in [1.82, 2.24) is 9.80 Å². The number of urea groups is 1. The lowest BCUT2D eigenvalue weighted by Crippen LogP contribution is -2.47. The Kier molecular flexibility index (Phi) is 7.28. The Hall–Kier alpha value is -2.12. The second-order valence-electron chi connectivity index (χ2n) is 7.73. The molecule has 0 aliphatic carbocycles. The Labute approximate surface area is 167 Å². The number of benzene rings is 1. The molecule has 7 heteroatoms. The topological polar surface area (TPSA) is 73.9 Å². The van der Waals surface area contributed by atoms with Gasteiger partial charge in [0.25, 0.3) is 0 Å². The predicted octanol–water partition coefficient (Wildman–Crippen LogP) is 2.92. The quantitative estimate of drug-likeness (QED) is 0.813. The van der Waals surface area contributed by atoms with Crippen LogP contribution in [0.5, 0.6) is 0 Å². The van der Waals surface area contributed by atoms with Crippen LogP contribution in [0.15, 0.2) is 18.2 Å². The number of rotatable bonds is 5. The number of nitrogens with one attached hydrogen (secondary N) is 2. The monoisotopic (exact) mass is 388 g/mol. The maximum atomic E-state index is 12.8. The number of carbonyl (C=O) groups excluding carboxylic acids is 2. The zero-order valence-corrected chi connectivity index (χ0v) is 17.0. The Balaban J connectivity index is 1.56. The molecule has 28 heavy (non-hydrogen) atoms. The van der Waals surface area contributed by atoms with Crippen molar-refractivity contribution < 1.29 is 14.3 Å². The number of likely N-dealkylation sites (tertiary alicyclic amines) is 1. The zero-order valence-electron chi connectivity index (χ0n) is 17.0. The molecule has 3 amide bonds. The van der Waals surface area contributed by atoms with Gasteiger partial charge < -0.3 is 20.3 Å². The van der Waals surface area contributed by atoms with E-state index in [1.807, 2.05) is 36.9 Å². The summed E-state index contributed by atoms with van der Waals surface area (Å²) in [5, 5.41) is 5.88. The Morgan fingerprint density at radius 2 is 1.96 bits per heavy atom. The van der Waals surface area contributed by atoms with Gasteiger partial charge in [-0.25, -0.2) is 4.79 Å². The number of aryl methyl sites for hydroxylation is 1. The van der Waals surface area contributed by atoms with Gasteiger partial charge in [-0.3, -0.25) is 9.69 Å². The molecule has 0 bridgehead atoms. The lowest BCUT2D eigenvalue weighted by atomic mass is 9.97. The van der Waals surface area contributed by atoms with Crippen LogP contribution in [-0.2, 0) is 9.53 Å². The van der Waals surface area contributed by atoms with Crippen molar-refractivity contribution in [2.45, 2.75) is 33.1 Å². The second kappa shape index (κ2) is 9.89. The fourth-order valence-electron chi connectivity index (χ4n) is 3.82. The molecule has 1 atom stereocenters. The molecule has 2 heterocycles. The third kappa shape index (κ3) is 5.69. The molecule has 0 spiro atoms. The molecule has 1 aromatic rings. The fourth-order valence-corrected chi connectivity index (χ4v) is 3.82. The molecular weight excluding hydrogens is 356 g/mol. The van der Waals surface area contributed by atoms with Crippen LogP contribution in [0.4, 0.5) is 16.2 Å². The molecule has 1 aromatic carbocycles. The highest BCUT2D eigenvalue weighted by Crippen LogP contribution is 2.23. The summed E-state index contributed by atoms with van der Waals surface area (Å²) in [4.78, 5) is 28.8. The van der Waals surface area contributed by atoms with Gasteiger partial charge >= 0.3 is 6.03 Å². The number of morpholine rings is 1. The first-order valence-electron chi connectivity index (χ1n) is 10.3. The summed E-state index contributed by atoms with van der Waals surface area (Å²) in [6.07, 6.45) is 2.63. The van der Waals surface area contributed by atoms with E-state index in [0.29, 0.717) is 18.0 Å². The number of amides is 3. The number of hydrogen-bond acceptors (Lipinski definition) is 4. The largest absolute Gasteiger partial charge is 0.379 e. The Morgan fingerprint density at radius 3 is 2.71 bits per heavy atom. The Bertz CT molecular complexity index is 688. The molecule has 2 aliphatic heterocycles. The van der Waals surface area contributed by atoms with Crippen LogP contribution in [0.1, 0.15) is 31.7 Å². The molecule has 3 rings (SSSR count). The highest BCUT2D eigenvalue weighted by atomic mass is 16.5. The van der Waals surface area contributed by atoms with Gasteiger partial charge in [0.2, 0.25) is 5.91 Å². The standard InChI is InChI=1S/C21H32N4O3/c1-3-20(26)23-19-13-18(7-6-16(19)2)22-21(27)25-8-4-5-17(15-25)14-24-9-11-28-12-10-24/h6-7,13,17H,3-5,8-12,14-15H2,1-2H3,(H,22,27)(H,23,26)/t17-/m1/s1. The number of nitrogens with zero attached hydrogens (tertiary/aromatic N) is 2. The summed E-state index contributed by atoms with van der Waals surface area (Å²) in [5.41, 5.74) is 2.43. The van der Waals surface area contributed by atoms with E-state index < -0.39 is 0 Å². The summed E-state index contributed by atoms with van der Waals surface area (Å²) < 4.78 is 5.42. The normalized spacial score (nSPS) is 20.6. The van der Waals surface area contributed by atoms with E-state index in [-0.39, 0.29) is 11.9 Å². The average Bonchev–Trinajstić information content (AvgIpc) is 2.71. The van der Waals surface area contributed by atoms with E-state index in [0.717, 1.165) is 63.6 Å². The van der Waals surface area contributed by atoms with E-state index in [9.17, 15) is 9.59 Å². The van der Waals surface area contributed by atoms with Crippen LogP contribution in [0.3, 0.4) is 0 Å². The highest BCUT2D eigenvalue weighted by molar-refractivity contribution is 5.94. The van der Waals surface area contributed by atoms with E-state index in [4.69, 9.17) is 4.74 Å². The molecule has 0 aromatic heterocycles. The first-order valence-corrected chi connectivity index (χ1v) is 10.3. The van der Waals surface area contributed by atoms with Crippen molar-refractivity contribution in [3.05, 3.63) is 23.8 Å². The van der Waals surface area contributed by atoms with E-state index >= 15 is 0 Å². The summed E-state index contributed by atoms with van der Waals surface area (Å²) in [6.45, 7) is 9.95. The molecule has 0 radical (unpaired) electrons. The Morgan fingerprint density at radius 1 is 1.18 bits per heavy atom. The molecule has 2 N–H and O–H groups in total. The maximum Gasteiger partial charge on any atom is 0.321 e. The third-order valence-electron chi connectivity index (χ3n) is 5.51. The SMILES string of the molecule is CCC(=O)Nc1cc(NC(=O)N2CCC[C@H](CN3CCOCC3)C2)ccc1C. The number of carbonyl (C=O) groups is 2. The number of piperidine rings is 1. The maximum absolute atomic E-state index is 12.8. The van der Waals surface area contributed by atoms with Crippen molar-refractivity contribution in [3.63, 3.8) is 0 Å². The molecule has 0 unspecified atom stereocenters. The van der Waals surface area contributed by atoms with Crippen LogP contribution >= 0.6 is 0 Å². The van der Waals surface area contributed by atoms with Gasteiger partial charge in [0.05, 0.1) is 13.2 Å². The molecule has 2 aliphatic rings. The van der Waals surface area contributed by atoms with Crippen LogP contribution in [0.25, 0.3) is 0 Å². The smallest absolute Gasteiger partial charge is 0.321 e. The van der Waals surface area contributed by atoms with Crippen molar-refractivity contribution in [2.75, 3.05) is 56.6 Å². The summed E-state index contributed by atoms with van der Waals surface area (Å²) in [7, 11) is 0. The molecule has 2 fully saturated rings. The summed E-state index contributed by atoms with van der Waals surface area (Å²) in [6, 6.07) is 5.56. The molecule has 154 valence electrons. The van der Waals surface area contributed by atoms with Gasteiger partial charge in [0.1, 0.15) is 0 Å². The highest BCUT2D eigenvalue weighted by Gasteiger charge is 2.26. The van der Waals surface area contributed by atoms with Gasteiger partial charge in [-0.15, -0.1) is 0 Å². The van der Waals surface area contributed by atoms with Crippen LogP contribution in [0.2, 0.25) is 0 Å². The minimum absolute atomic E-state index is 0.0337. The number of anilines is 2. The van der Waals surface area contributed by atoms with Gasteiger partial charge in [-0.05, 0) is 43.4 Å². The minimum Gasteiger partial charge on any atom is -0.379 e. The van der Waals surface area contributed by atoms with Gasteiger partial charge in [-0.2, -0.15) is 0 Å². The van der Waals surface area contributed by atoms with Crippen LogP contribution in [-0.4, -0.2) is 67.7 Å². The van der Waals surface area contributed by atoms with E-state index in [1.165, 1.54) is 6.42 Å². The van der Waals surface area contributed by atoms with Gasteiger partial charge in [0, 0.05) is 50.5 Å². The molecule has 7 nitrogen and oxygen atoms in total. The third-order valence-corrected chi connectivity index (χ3v) is 5.51. The summed E-state index contributed by atoms with van der Waals surface area (Å²) >= 11 is 0. The van der Waals surface area contributed by atoms with E-state index in [1.54, 1.807) is 0 Å². The zero-order chi connectivity index (χ0) is 19.9. The van der Waals surface area contributed by atoms with Crippen molar-refractivity contribution >= 4 is 23.3 Å². The lowest BCUT2D eigenvalue weighted by molar-refractivity contribution is -0.115. The lowest BCUT2D eigenvalue weighted by Gasteiger charge is -2.36.